The Kier molecular flexibility index (Phi) is 8.55. The molecule has 1 aromatic rings. The van der Waals surface area contributed by atoms with E-state index >= 15 is 0 Å². The molecule has 33 heavy (non-hydrogen) atoms. The number of aliphatic hydroxyl groups excluding tert-OH is 6. The summed E-state index contributed by atoms with van der Waals surface area (Å²) in [6, 6.07) is 2.92. The molecule has 0 bridgehead atoms. The highest BCUT2D eigenvalue weighted by Crippen LogP contribution is 2.41. The van der Waals surface area contributed by atoms with E-state index in [2.05, 4.69) is 0 Å². The third kappa shape index (κ3) is 5.42. The molecule has 13 nitrogen and oxygen atoms in total. The van der Waals surface area contributed by atoms with E-state index in [9.17, 15) is 30.6 Å². The summed E-state index contributed by atoms with van der Waals surface area (Å²) in [6.07, 6.45) is -13.1. The maximum Gasteiger partial charge on any atom is 0.229 e. The highest BCUT2D eigenvalue weighted by molar-refractivity contribution is 5.55. The van der Waals surface area contributed by atoms with Gasteiger partial charge in [-0.25, -0.2) is 0 Å². The molecule has 0 amide bonds. The molecule has 3 rings (SSSR count). The monoisotopic (exact) mass is 478 g/mol. The van der Waals surface area contributed by atoms with Crippen LogP contribution in [0.3, 0.4) is 0 Å². The average molecular weight is 478 g/mol. The van der Waals surface area contributed by atoms with Crippen molar-refractivity contribution in [3.05, 3.63) is 12.1 Å². The lowest BCUT2D eigenvalue weighted by molar-refractivity contribution is -0.307. The molecular formula is C20H30O13. The van der Waals surface area contributed by atoms with Crippen molar-refractivity contribution in [3.8, 4) is 23.0 Å². The Labute approximate surface area is 189 Å². The fraction of sp³-hybridized carbons (Fsp3) is 0.700. The minimum Gasteiger partial charge on any atom is -0.493 e. The van der Waals surface area contributed by atoms with E-state index in [1.54, 1.807) is 0 Å². The van der Waals surface area contributed by atoms with Gasteiger partial charge in [0.25, 0.3) is 0 Å². The van der Waals surface area contributed by atoms with Gasteiger partial charge < -0.3 is 63.8 Å². The largest absolute Gasteiger partial charge is 0.493 e. The van der Waals surface area contributed by atoms with Gasteiger partial charge in [0.2, 0.25) is 12.0 Å². The Morgan fingerprint density at radius 2 is 1.39 bits per heavy atom. The van der Waals surface area contributed by atoms with Gasteiger partial charge in [-0.05, 0) is 0 Å². The summed E-state index contributed by atoms with van der Waals surface area (Å²) in [5.41, 5.74) is 0. The molecule has 0 spiro atoms. The molecule has 0 radical (unpaired) electrons. The Balaban J connectivity index is 1.71. The van der Waals surface area contributed by atoms with Gasteiger partial charge in [0.15, 0.2) is 17.8 Å². The van der Waals surface area contributed by atoms with Crippen molar-refractivity contribution in [3.63, 3.8) is 0 Å². The normalized spacial score (nSPS) is 36.8. The van der Waals surface area contributed by atoms with E-state index < -0.39 is 61.9 Å². The van der Waals surface area contributed by atoms with Crippen molar-refractivity contribution in [2.75, 3.05) is 34.5 Å². The molecule has 2 heterocycles. The van der Waals surface area contributed by atoms with Crippen LogP contribution in [0.5, 0.6) is 23.0 Å². The van der Waals surface area contributed by atoms with Crippen LogP contribution in [0.2, 0.25) is 0 Å². The first-order chi connectivity index (χ1) is 15.7. The minimum absolute atomic E-state index is 0.153. The van der Waals surface area contributed by atoms with E-state index in [4.69, 9.17) is 33.2 Å². The maximum absolute atomic E-state index is 10.4. The van der Waals surface area contributed by atoms with E-state index in [1.807, 2.05) is 0 Å². The van der Waals surface area contributed by atoms with Crippen molar-refractivity contribution in [2.45, 2.75) is 55.3 Å². The number of hydrogen-bond donors (Lipinski definition) is 6. The second-order valence-electron chi connectivity index (χ2n) is 7.58. The molecule has 2 saturated heterocycles. The SMILES string of the molecule is COc1cc(O[C@@H]2O[C@H](CO[C@@H]3OC[C@H](O)[C@H](O)[C@@H]3O)[C@@H](O)[C@H](O)[C@H]2O)cc(OC)c1OC. The Hall–Kier alpha value is -1.94. The molecule has 2 fully saturated rings. The summed E-state index contributed by atoms with van der Waals surface area (Å²) in [5, 5.41) is 60.2. The lowest BCUT2D eigenvalue weighted by atomic mass is 9.99. The molecule has 0 saturated carbocycles. The Morgan fingerprint density at radius 1 is 0.788 bits per heavy atom. The van der Waals surface area contributed by atoms with E-state index in [0.717, 1.165) is 0 Å². The van der Waals surface area contributed by atoms with E-state index in [1.165, 1.54) is 33.5 Å². The standard InChI is InChI=1S/C20H30O13/c1-27-10-4-8(5-11(28-2)18(10)29-3)32-20-17(26)15(24)14(23)12(33-20)7-31-19-16(25)13(22)9(21)6-30-19/h4-5,9,12-17,19-26H,6-7H2,1-3H3/t9-,12+,13-,14+,15-,16-,17+,19-,20+/m0/s1. The van der Waals surface area contributed by atoms with Crippen LogP contribution in [0, 0.1) is 0 Å². The number of rotatable bonds is 8. The summed E-state index contributed by atoms with van der Waals surface area (Å²) in [4.78, 5) is 0. The smallest absolute Gasteiger partial charge is 0.229 e. The Bertz CT molecular complexity index is 751. The summed E-state index contributed by atoms with van der Waals surface area (Å²) in [5.74, 6) is 1.03. The highest BCUT2D eigenvalue weighted by atomic mass is 16.7. The fourth-order valence-electron chi connectivity index (χ4n) is 3.53. The summed E-state index contributed by atoms with van der Waals surface area (Å²) < 4.78 is 37.5. The quantitative estimate of drug-likeness (QED) is 0.228. The number of ether oxygens (including phenoxy) is 7. The topological polar surface area (TPSA) is 186 Å². The Morgan fingerprint density at radius 3 is 1.97 bits per heavy atom. The molecular weight excluding hydrogens is 448 g/mol. The van der Waals surface area contributed by atoms with Crippen molar-refractivity contribution in [1.29, 1.82) is 0 Å². The van der Waals surface area contributed by atoms with Gasteiger partial charge in [0.05, 0.1) is 34.5 Å². The first kappa shape index (κ1) is 25.7. The summed E-state index contributed by atoms with van der Waals surface area (Å²) >= 11 is 0. The van der Waals surface area contributed by atoms with Gasteiger partial charge in [0, 0.05) is 12.1 Å². The van der Waals surface area contributed by atoms with Gasteiger partial charge in [0.1, 0.15) is 48.5 Å². The number of aliphatic hydroxyl groups is 6. The van der Waals surface area contributed by atoms with Gasteiger partial charge in [-0.1, -0.05) is 0 Å². The van der Waals surface area contributed by atoms with Crippen LogP contribution < -0.4 is 18.9 Å². The third-order valence-electron chi connectivity index (χ3n) is 5.44. The summed E-state index contributed by atoms with van der Waals surface area (Å²) in [6.45, 7) is -0.671. The zero-order valence-corrected chi connectivity index (χ0v) is 18.3. The van der Waals surface area contributed by atoms with Crippen molar-refractivity contribution in [1.82, 2.24) is 0 Å². The predicted octanol–water partition coefficient (Wildman–Crippen LogP) is -2.65. The number of benzene rings is 1. The second-order valence-corrected chi connectivity index (χ2v) is 7.58. The summed E-state index contributed by atoms with van der Waals surface area (Å²) in [7, 11) is 4.26. The number of hydrogen-bond acceptors (Lipinski definition) is 13. The first-order valence-electron chi connectivity index (χ1n) is 10.2. The van der Waals surface area contributed by atoms with Crippen molar-refractivity contribution < 1.29 is 63.8 Å². The fourth-order valence-corrected chi connectivity index (χ4v) is 3.53. The van der Waals surface area contributed by atoms with Crippen molar-refractivity contribution >= 4 is 0 Å². The molecule has 0 aromatic heterocycles. The van der Waals surface area contributed by atoms with Gasteiger partial charge in [-0.2, -0.15) is 0 Å². The van der Waals surface area contributed by atoms with E-state index in [0.29, 0.717) is 5.75 Å². The van der Waals surface area contributed by atoms with Gasteiger partial charge in [-0.3, -0.25) is 0 Å². The van der Waals surface area contributed by atoms with Crippen LogP contribution >= 0.6 is 0 Å². The molecule has 13 heteroatoms. The van der Waals surface area contributed by atoms with Crippen LogP contribution in [0.1, 0.15) is 0 Å². The first-order valence-corrected chi connectivity index (χ1v) is 10.2. The van der Waals surface area contributed by atoms with Crippen LogP contribution in [0.15, 0.2) is 12.1 Å². The van der Waals surface area contributed by atoms with Gasteiger partial charge >= 0.3 is 0 Å². The number of methoxy groups -OCH3 is 3. The van der Waals surface area contributed by atoms with Crippen LogP contribution in [0.25, 0.3) is 0 Å². The lowest BCUT2D eigenvalue weighted by Crippen LogP contribution is -2.61. The molecule has 6 N–H and O–H groups in total. The highest BCUT2D eigenvalue weighted by Gasteiger charge is 2.46. The van der Waals surface area contributed by atoms with Crippen LogP contribution in [-0.2, 0) is 14.2 Å². The predicted molar refractivity (Wildman–Crippen MR) is 107 cm³/mol. The maximum atomic E-state index is 10.4. The molecule has 2 aliphatic rings. The molecule has 0 aliphatic carbocycles. The zero-order valence-electron chi connectivity index (χ0n) is 18.3. The minimum atomic E-state index is -1.65. The van der Waals surface area contributed by atoms with E-state index in [-0.39, 0.29) is 23.9 Å². The van der Waals surface area contributed by atoms with Crippen molar-refractivity contribution in [2.24, 2.45) is 0 Å². The molecule has 2 aliphatic heterocycles. The molecule has 1 aromatic carbocycles. The molecule has 188 valence electrons. The second kappa shape index (κ2) is 11.0. The molecule has 9 atom stereocenters. The lowest BCUT2D eigenvalue weighted by Gasteiger charge is -2.41. The molecule has 0 unspecified atom stereocenters. The van der Waals surface area contributed by atoms with Crippen LogP contribution in [-0.4, -0.2) is 120 Å². The van der Waals surface area contributed by atoms with Gasteiger partial charge in [-0.15, -0.1) is 0 Å². The third-order valence-corrected chi connectivity index (χ3v) is 5.44. The van der Waals surface area contributed by atoms with Crippen LogP contribution in [0.4, 0.5) is 0 Å². The zero-order chi connectivity index (χ0) is 24.3. The average Bonchev–Trinajstić information content (AvgIpc) is 2.82.